The topological polar surface area (TPSA) is 45.5 Å². The van der Waals surface area contributed by atoms with Crippen LogP contribution in [0.25, 0.3) is 0 Å². The minimum Gasteiger partial charge on any atom is -0.472 e. The van der Waals surface area contributed by atoms with E-state index in [4.69, 9.17) is 4.42 Å². The maximum absolute atomic E-state index is 12.1. The molecule has 0 aliphatic carbocycles. The average Bonchev–Trinajstić information content (AvgIpc) is 3.01. The number of nitrogens with one attached hydrogen (secondary N) is 1. The Labute approximate surface area is 101 Å². The normalized spacial score (nSPS) is 23.2. The zero-order chi connectivity index (χ0) is 11.7. The highest BCUT2D eigenvalue weighted by molar-refractivity contribution is 5.93. The molecule has 1 amide bonds. The molecule has 2 fully saturated rings. The van der Waals surface area contributed by atoms with Crippen LogP contribution in [0.15, 0.2) is 23.0 Å². The third-order valence-electron chi connectivity index (χ3n) is 4.11. The third-order valence-corrected chi connectivity index (χ3v) is 4.11. The zero-order valence-corrected chi connectivity index (χ0v) is 9.95. The van der Waals surface area contributed by atoms with Crippen molar-refractivity contribution in [2.75, 3.05) is 19.6 Å². The number of hydrogen-bond acceptors (Lipinski definition) is 3. The molecule has 0 saturated carbocycles. The van der Waals surface area contributed by atoms with Gasteiger partial charge in [0.15, 0.2) is 0 Å². The Hall–Kier alpha value is -1.29. The number of amides is 1. The molecule has 92 valence electrons. The predicted octanol–water partition coefficient (Wildman–Crippen LogP) is 1.64. The highest BCUT2D eigenvalue weighted by Gasteiger charge is 2.37. The van der Waals surface area contributed by atoms with Gasteiger partial charge in [0, 0.05) is 18.6 Å². The molecule has 4 heteroatoms. The van der Waals surface area contributed by atoms with E-state index in [1.54, 1.807) is 12.3 Å². The van der Waals surface area contributed by atoms with Crippen molar-refractivity contribution in [2.24, 2.45) is 0 Å². The first kappa shape index (κ1) is 10.8. The van der Waals surface area contributed by atoms with Gasteiger partial charge in [-0.3, -0.25) is 4.79 Å². The van der Waals surface area contributed by atoms with E-state index >= 15 is 0 Å². The Balaban J connectivity index is 1.63. The first-order chi connectivity index (χ1) is 8.29. The molecule has 0 atom stereocenters. The summed E-state index contributed by atoms with van der Waals surface area (Å²) in [6.07, 6.45) is 7.78. The van der Waals surface area contributed by atoms with Crippen LogP contribution in [0.5, 0.6) is 0 Å². The fourth-order valence-corrected chi connectivity index (χ4v) is 3.00. The fraction of sp³-hybridized carbons (Fsp3) is 0.615. The van der Waals surface area contributed by atoms with E-state index in [9.17, 15) is 4.79 Å². The lowest BCUT2D eigenvalue weighted by molar-refractivity contribution is 0.0656. The molecule has 2 aliphatic heterocycles. The van der Waals surface area contributed by atoms with Crippen molar-refractivity contribution < 1.29 is 9.21 Å². The third kappa shape index (κ3) is 1.97. The molecule has 1 aromatic heterocycles. The Morgan fingerprint density at radius 1 is 1.35 bits per heavy atom. The highest BCUT2D eigenvalue weighted by Crippen LogP contribution is 2.31. The average molecular weight is 234 g/mol. The van der Waals surface area contributed by atoms with Crippen molar-refractivity contribution >= 4 is 5.91 Å². The van der Waals surface area contributed by atoms with Crippen molar-refractivity contribution in [3.63, 3.8) is 0 Å². The van der Waals surface area contributed by atoms with Crippen LogP contribution in [0.4, 0.5) is 0 Å². The maximum atomic E-state index is 12.1. The Kier molecular flexibility index (Phi) is 2.67. The van der Waals surface area contributed by atoms with Crippen LogP contribution in [-0.2, 0) is 0 Å². The quantitative estimate of drug-likeness (QED) is 0.803. The molecular weight excluding hydrogens is 216 g/mol. The van der Waals surface area contributed by atoms with Gasteiger partial charge in [0.1, 0.15) is 6.26 Å². The molecule has 0 unspecified atom stereocenters. The zero-order valence-electron chi connectivity index (χ0n) is 9.95. The van der Waals surface area contributed by atoms with E-state index in [0.717, 1.165) is 32.5 Å². The van der Waals surface area contributed by atoms with Crippen molar-refractivity contribution in [3.8, 4) is 0 Å². The van der Waals surface area contributed by atoms with Crippen molar-refractivity contribution in [1.29, 1.82) is 0 Å². The van der Waals surface area contributed by atoms with Gasteiger partial charge in [-0.05, 0) is 38.3 Å². The number of rotatable bonds is 1. The molecule has 0 bridgehead atoms. The van der Waals surface area contributed by atoms with Crippen molar-refractivity contribution in [1.82, 2.24) is 10.2 Å². The molecule has 4 nitrogen and oxygen atoms in total. The summed E-state index contributed by atoms with van der Waals surface area (Å²) >= 11 is 0. The lowest BCUT2D eigenvalue weighted by atomic mass is 9.86. The second kappa shape index (κ2) is 4.18. The summed E-state index contributed by atoms with van der Waals surface area (Å²) in [6, 6.07) is 1.74. The number of nitrogens with zero attached hydrogens (tertiary/aromatic N) is 1. The van der Waals surface area contributed by atoms with Gasteiger partial charge in [-0.15, -0.1) is 0 Å². The predicted molar refractivity (Wildman–Crippen MR) is 63.8 cm³/mol. The van der Waals surface area contributed by atoms with Crippen LogP contribution < -0.4 is 5.32 Å². The second-order valence-electron chi connectivity index (χ2n) is 5.11. The smallest absolute Gasteiger partial charge is 0.257 e. The summed E-state index contributed by atoms with van der Waals surface area (Å²) < 4.78 is 4.96. The number of hydrogen-bond donors (Lipinski definition) is 1. The van der Waals surface area contributed by atoms with Crippen LogP contribution in [0, 0.1) is 0 Å². The molecule has 1 spiro atoms. The first-order valence-electron chi connectivity index (χ1n) is 6.36. The van der Waals surface area contributed by atoms with E-state index in [2.05, 4.69) is 5.32 Å². The van der Waals surface area contributed by atoms with Gasteiger partial charge >= 0.3 is 0 Å². The maximum Gasteiger partial charge on any atom is 0.257 e. The minimum absolute atomic E-state index is 0.103. The summed E-state index contributed by atoms with van der Waals surface area (Å²) in [4.78, 5) is 14.1. The first-order valence-corrected chi connectivity index (χ1v) is 6.36. The largest absolute Gasteiger partial charge is 0.472 e. The van der Waals surface area contributed by atoms with E-state index < -0.39 is 0 Å². The Morgan fingerprint density at radius 2 is 2.18 bits per heavy atom. The van der Waals surface area contributed by atoms with Gasteiger partial charge in [-0.2, -0.15) is 0 Å². The summed E-state index contributed by atoms with van der Waals surface area (Å²) in [7, 11) is 0. The monoisotopic (exact) mass is 234 g/mol. The van der Waals surface area contributed by atoms with Gasteiger partial charge < -0.3 is 14.6 Å². The number of piperidine rings is 1. The number of furan rings is 1. The molecule has 1 aromatic rings. The summed E-state index contributed by atoms with van der Waals surface area (Å²) in [5.41, 5.74) is 0.994. The van der Waals surface area contributed by atoms with Gasteiger partial charge in [0.05, 0.1) is 11.8 Å². The van der Waals surface area contributed by atoms with Crippen LogP contribution in [0.2, 0.25) is 0 Å². The van der Waals surface area contributed by atoms with Gasteiger partial charge in [0.2, 0.25) is 0 Å². The fourth-order valence-electron chi connectivity index (χ4n) is 3.00. The lowest BCUT2D eigenvalue weighted by Crippen LogP contribution is -2.51. The van der Waals surface area contributed by atoms with E-state index in [1.165, 1.54) is 19.1 Å². The van der Waals surface area contributed by atoms with E-state index in [0.29, 0.717) is 11.1 Å². The summed E-state index contributed by atoms with van der Waals surface area (Å²) in [5.74, 6) is 0.103. The Bertz CT molecular complexity index is 384. The number of carbonyl (C=O) groups is 1. The molecule has 3 heterocycles. The van der Waals surface area contributed by atoms with Crippen molar-refractivity contribution in [3.05, 3.63) is 24.2 Å². The molecule has 17 heavy (non-hydrogen) atoms. The SMILES string of the molecule is O=C(c1ccoc1)N1CCC2(CCCN2)CC1. The molecular formula is C13H18N2O2. The number of likely N-dealkylation sites (tertiary alicyclic amines) is 1. The van der Waals surface area contributed by atoms with Gasteiger partial charge in [0.25, 0.3) is 5.91 Å². The second-order valence-corrected chi connectivity index (χ2v) is 5.11. The molecule has 0 radical (unpaired) electrons. The molecule has 3 rings (SSSR count). The molecule has 0 aromatic carbocycles. The molecule has 1 N–H and O–H groups in total. The summed E-state index contributed by atoms with van der Waals surface area (Å²) in [5, 5.41) is 3.61. The van der Waals surface area contributed by atoms with E-state index in [-0.39, 0.29) is 5.91 Å². The van der Waals surface area contributed by atoms with Gasteiger partial charge in [-0.25, -0.2) is 0 Å². The van der Waals surface area contributed by atoms with Crippen LogP contribution in [0.3, 0.4) is 0 Å². The van der Waals surface area contributed by atoms with Crippen LogP contribution in [0.1, 0.15) is 36.0 Å². The Morgan fingerprint density at radius 3 is 2.76 bits per heavy atom. The van der Waals surface area contributed by atoms with E-state index in [1.807, 2.05) is 4.90 Å². The van der Waals surface area contributed by atoms with Crippen molar-refractivity contribution in [2.45, 2.75) is 31.2 Å². The van der Waals surface area contributed by atoms with Crippen LogP contribution in [-0.4, -0.2) is 36.0 Å². The molecule has 2 saturated heterocycles. The lowest BCUT2D eigenvalue weighted by Gasteiger charge is -2.39. The van der Waals surface area contributed by atoms with Gasteiger partial charge in [-0.1, -0.05) is 0 Å². The van der Waals surface area contributed by atoms with Crippen LogP contribution >= 0.6 is 0 Å². The standard InChI is InChI=1S/C13H18N2O2/c16-12(11-2-9-17-10-11)15-7-4-13(5-8-15)3-1-6-14-13/h2,9-10,14H,1,3-8H2. The number of carbonyl (C=O) groups excluding carboxylic acids is 1. The summed E-state index contributed by atoms with van der Waals surface area (Å²) in [6.45, 7) is 2.85. The molecule has 2 aliphatic rings. The highest BCUT2D eigenvalue weighted by atomic mass is 16.3. The minimum atomic E-state index is 0.103.